The highest BCUT2D eigenvalue weighted by molar-refractivity contribution is 14.0. The molecule has 29 heavy (non-hydrogen) atoms. The van der Waals surface area contributed by atoms with Crippen molar-refractivity contribution in [3.05, 3.63) is 52.2 Å². The van der Waals surface area contributed by atoms with Crippen LogP contribution in [0.15, 0.2) is 46.8 Å². The van der Waals surface area contributed by atoms with Crippen LogP contribution in [0.2, 0.25) is 0 Å². The van der Waals surface area contributed by atoms with Gasteiger partial charge in [-0.15, -0.1) is 35.3 Å². The first kappa shape index (κ1) is 25.2. The summed E-state index contributed by atoms with van der Waals surface area (Å²) in [5.41, 5.74) is 1.85. The van der Waals surface area contributed by atoms with Crippen molar-refractivity contribution in [1.29, 1.82) is 0 Å². The van der Waals surface area contributed by atoms with Crippen LogP contribution in [-0.2, 0) is 6.54 Å². The van der Waals surface area contributed by atoms with Crippen molar-refractivity contribution in [3.63, 3.8) is 0 Å². The third-order valence-electron chi connectivity index (χ3n) is 4.00. The van der Waals surface area contributed by atoms with Gasteiger partial charge in [0.2, 0.25) is 0 Å². The standard InChI is InChI=1S/C21H31N5OS.HI/c1-5-22-20(23-13-16(4)19-7-6-12-28-19)24-14-17-8-10-18(11-9-17)26-21(27)25-15(2)3;/h6-12,15-16H,5,13-14H2,1-4H3,(H2,22,23,24)(H2,25,26,27);1H. The third kappa shape index (κ3) is 9.49. The lowest BCUT2D eigenvalue weighted by Gasteiger charge is -2.15. The maximum absolute atomic E-state index is 11.7. The molecule has 0 saturated heterocycles. The van der Waals surface area contributed by atoms with Crippen molar-refractivity contribution in [2.45, 2.75) is 46.2 Å². The second-order valence-electron chi connectivity index (χ2n) is 6.94. The maximum atomic E-state index is 11.7. The fraction of sp³-hybridized carbons (Fsp3) is 0.429. The molecule has 0 aliphatic heterocycles. The molecule has 1 aromatic heterocycles. The SMILES string of the molecule is CCNC(=NCc1ccc(NC(=O)NC(C)C)cc1)NCC(C)c1cccs1.I. The summed E-state index contributed by atoms with van der Waals surface area (Å²) in [6.45, 7) is 10.3. The van der Waals surface area contributed by atoms with E-state index in [2.05, 4.69) is 57.6 Å². The first-order valence-electron chi connectivity index (χ1n) is 9.70. The highest BCUT2D eigenvalue weighted by atomic mass is 127. The molecule has 2 rings (SSSR count). The number of benzene rings is 1. The smallest absolute Gasteiger partial charge is 0.319 e. The fourth-order valence-electron chi connectivity index (χ4n) is 2.56. The zero-order chi connectivity index (χ0) is 20.4. The van der Waals surface area contributed by atoms with E-state index in [4.69, 9.17) is 0 Å². The largest absolute Gasteiger partial charge is 0.357 e. The second-order valence-corrected chi connectivity index (χ2v) is 7.92. The number of carbonyl (C=O) groups excluding carboxylic acids is 1. The second kappa shape index (κ2) is 13.4. The number of carbonyl (C=O) groups is 1. The number of thiophene rings is 1. The number of hydrogen-bond acceptors (Lipinski definition) is 3. The van der Waals surface area contributed by atoms with Gasteiger partial charge in [-0.05, 0) is 49.9 Å². The summed E-state index contributed by atoms with van der Waals surface area (Å²) in [5.74, 6) is 1.25. The number of guanidine groups is 1. The van der Waals surface area contributed by atoms with Gasteiger partial charge in [0.1, 0.15) is 0 Å². The Morgan fingerprint density at radius 3 is 2.41 bits per heavy atom. The van der Waals surface area contributed by atoms with Gasteiger partial charge in [-0.2, -0.15) is 0 Å². The molecule has 0 aliphatic rings. The first-order valence-corrected chi connectivity index (χ1v) is 10.6. The molecule has 1 heterocycles. The van der Waals surface area contributed by atoms with Gasteiger partial charge in [-0.1, -0.05) is 25.1 Å². The van der Waals surface area contributed by atoms with Gasteiger partial charge < -0.3 is 21.3 Å². The predicted octanol–water partition coefficient (Wildman–Crippen LogP) is 4.75. The molecule has 0 fully saturated rings. The van der Waals surface area contributed by atoms with E-state index in [1.54, 1.807) is 11.3 Å². The van der Waals surface area contributed by atoms with Crippen LogP contribution < -0.4 is 21.3 Å². The average molecular weight is 529 g/mol. The minimum atomic E-state index is -0.195. The van der Waals surface area contributed by atoms with E-state index in [0.717, 1.165) is 30.3 Å². The van der Waals surface area contributed by atoms with Crippen LogP contribution in [0.5, 0.6) is 0 Å². The molecule has 0 aliphatic carbocycles. The van der Waals surface area contributed by atoms with Gasteiger partial charge in [-0.3, -0.25) is 0 Å². The average Bonchev–Trinajstić information content (AvgIpc) is 3.19. The molecular formula is C21H32IN5OS. The Kier molecular flexibility index (Phi) is 11.7. The minimum Gasteiger partial charge on any atom is -0.357 e. The van der Waals surface area contributed by atoms with E-state index < -0.39 is 0 Å². The van der Waals surface area contributed by atoms with Gasteiger partial charge in [0.05, 0.1) is 6.54 Å². The molecule has 0 bridgehead atoms. The summed E-state index contributed by atoms with van der Waals surface area (Å²) in [4.78, 5) is 17.8. The van der Waals surface area contributed by atoms with Crippen LogP contribution in [0.1, 0.15) is 44.1 Å². The Balaban J connectivity index is 0.00000420. The Bertz CT molecular complexity index is 747. The molecule has 1 unspecified atom stereocenters. The normalized spacial score (nSPS) is 12.1. The lowest BCUT2D eigenvalue weighted by molar-refractivity contribution is 0.250. The third-order valence-corrected chi connectivity index (χ3v) is 5.10. The van der Waals surface area contributed by atoms with E-state index in [9.17, 15) is 4.79 Å². The van der Waals surface area contributed by atoms with Crippen molar-refractivity contribution >= 4 is 53.0 Å². The first-order chi connectivity index (χ1) is 13.5. The van der Waals surface area contributed by atoms with Crippen molar-refractivity contribution in [2.24, 2.45) is 4.99 Å². The van der Waals surface area contributed by atoms with Gasteiger partial charge >= 0.3 is 6.03 Å². The van der Waals surface area contributed by atoms with Crippen molar-refractivity contribution in [3.8, 4) is 0 Å². The summed E-state index contributed by atoms with van der Waals surface area (Å²) in [7, 11) is 0. The Morgan fingerprint density at radius 2 is 1.83 bits per heavy atom. The fourth-order valence-corrected chi connectivity index (χ4v) is 3.34. The molecule has 160 valence electrons. The molecule has 1 atom stereocenters. The van der Waals surface area contributed by atoms with Crippen molar-refractivity contribution in [2.75, 3.05) is 18.4 Å². The summed E-state index contributed by atoms with van der Waals surface area (Å²) < 4.78 is 0. The number of halogens is 1. The molecule has 0 saturated carbocycles. The molecule has 2 amide bonds. The number of nitrogens with one attached hydrogen (secondary N) is 4. The number of hydrogen-bond donors (Lipinski definition) is 4. The number of aliphatic imine (C=N–C) groups is 1. The molecule has 0 spiro atoms. The van der Waals surface area contributed by atoms with Crippen LogP contribution in [0.25, 0.3) is 0 Å². The summed E-state index contributed by atoms with van der Waals surface area (Å²) in [6.07, 6.45) is 0. The van der Waals surface area contributed by atoms with E-state index in [1.165, 1.54) is 4.88 Å². The molecular weight excluding hydrogens is 497 g/mol. The zero-order valence-corrected chi connectivity index (χ0v) is 20.6. The highest BCUT2D eigenvalue weighted by Gasteiger charge is 2.07. The Morgan fingerprint density at radius 1 is 1.10 bits per heavy atom. The molecule has 2 aromatic rings. The maximum Gasteiger partial charge on any atom is 0.319 e. The van der Waals surface area contributed by atoms with Crippen LogP contribution in [0, 0.1) is 0 Å². The predicted molar refractivity (Wildman–Crippen MR) is 135 cm³/mol. The van der Waals surface area contributed by atoms with Crippen LogP contribution in [0.3, 0.4) is 0 Å². The van der Waals surface area contributed by atoms with Crippen LogP contribution in [-0.4, -0.2) is 31.1 Å². The summed E-state index contributed by atoms with van der Waals surface area (Å²) in [5, 5.41) is 14.4. The quantitative estimate of drug-likeness (QED) is 0.226. The number of urea groups is 1. The van der Waals surface area contributed by atoms with E-state index in [1.807, 2.05) is 38.1 Å². The van der Waals surface area contributed by atoms with Gasteiger partial charge in [0, 0.05) is 35.6 Å². The molecule has 6 nitrogen and oxygen atoms in total. The van der Waals surface area contributed by atoms with Crippen molar-refractivity contribution in [1.82, 2.24) is 16.0 Å². The lowest BCUT2D eigenvalue weighted by atomic mass is 10.1. The lowest BCUT2D eigenvalue weighted by Crippen LogP contribution is -2.39. The minimum absolute atomic E-state index is 0. The van der Waals surface area contributed by atoms with E-state index in [0.29, 0.717) is 12.5 Å². The molecule has 1 aromatic carbocycles. The zero-order valence-electron chi connectivity index (χ0n) is 17.5. The number of amides is 2. The van der Waals surface area contributed by atoms with Crippen LogP contribution in [0.4, 0.5) is 10.5 Å². The Labute approximate surface area is 195 Å². The van der Waals surface area contributed by atoms with Gasteiger partial charge in [0.25, 0.3) is 0 Å². The van der Waals surface area contributed by atoms with E-state index >= 15 is 0 Å². The summed E-state index contributed by atoms with van der Waals surface area (Å²) >= 11 is 1.78. The molecule has 0 radical (unpaired) electrons. The summed E-state index contributed by atoms with van der Waals surface area (Å²) in [6, 6.07) is 11.9. The van der Waals surface area contributed by atoms with Crippen molar-refractivity contribution < 1.29 is 4.79 Å². The molecule has 4 N–H and O–H groups in total. The highest BCUT2D eigenvalue weighted by Crippen LogP contribution is 2.19. The topological polar surface area (TPSA) is 77.5 Å². The molecule has 8 heteroatoms. The van der Waals surface area contributed by atoms with E-state index in [-0.39, 0.29) is 36.0 Å². The van der Waals surface area contributed by atoms with Crippen LogP contribution >= 0.6 is 35.3 Å². The van der Waals surface area contributed by atoms with Gasteiger partial charge in [-0.25, -0.2) is 9.79 Å². The monoisotopic (exact) mass is 529 g/mol. The van der Waals surface area contributed by atoms with Gasteiger partial charge in [0.15, 0.2) is 5.96 Å². The number of anilines is 1. The Hall–Kier alpha value is -1.81. The number of rotatable bonds is 8. The number of nitrogens with zero attached hydrogens (tertiary/aromatic N) is 1.